The molecule has 4 rings (SSSR count). The lowest BCUT2D eigenvalue weighted by Crippen LogP contribution is -2.31. The molecule has 1 saturated heterocycles. The number of ether oxygens (including phenoxy) is 2. The van der Waals surface area contributed by atoms with Gasteiger partial charge in [-0.05, 0) is 43.4 Å². The molecule has 1 aliphatic heterocycles. The number of nitrogens with one attached hydrogen (secondary N) is 1. The molecule has 1 unspecified atom stereocenters. The van der Waals surface area contributed by atoms with Crippen LogP contribution in [0.4, 0.5) is 5.13 Å². The number of sulfone groups is 1. The first-order valence-electron chi connectivity index (χ1n) is 10.5. The first-order chi connectivity index (χ1) is 15.3. The van der Waals surface area contributed by atoms with Gasteiger partial charge in [0.05, 0.1) is 21.9 Å². The zero-order chi connectivity index (χ0) is 22.7. The number of hydrogen-bond acceptors (Lipinski definition) is 9. The fourth-order valence-electron chi connectivity index (χ4n) is 3.52. The molecule has 0 bridgehead atoms. The van der Waals surface area contributed by atoms with Crippen molar-refractivity contribution >= 4 is 32.2 Å². The second kappa shape index (κ2) is 9.94. The molecule has 1 saturated carbocycles. The van der Waals surface area contributed by atoms with Gasteiger partial charge >= 0.3 is 0 Å². The molecule has 1 aromatic carbocycles. The van der Waals surface area contributed by atoms with Crippen LogP contribution in [0.1, 0.15) is 43.0 Å². The van der Waals surface area contributed by atoms with Gasteiger partial charge in [0.2, 0.25) is 0 Å². The Morgan fingerprint density at radius 1 is 1.19 bits per heavy atom. The molecule has 1 amide bonds. The van der Waals surface area contributed by atoms with Crippen LogP contribution >= 0.6 is 11.3 Å². The first-order valence-corrected chi connectivity index (χ1v) is 12.9. The number of hydrogen-bond donors (Lipinski definition) is 3. The number of carbonyl (C=O) groups excluding carboxylic acids is 1. The minimum absolute atomic E-state index is 0.0364. The maximum absolute atomic E-state index is 13.1. The highest BCUT2D eigenvalue weighted by Gasteiger charge is 2.37. The summed E-state index contributed by atoms with van der Waals surface area (Å²) in [7, 11) is -3.32. The number of benzene rings is 1. The zero-order valence-electron chi connectivity index (χ0n) is 17.3. The lowest BCUT2D eigenvalue weighted by molar-refractivity contribution is -0.136. The molecule has 0 radical (unpaired) electrons. The van der Waals surface area contributed by atoms with Gasteiger partial charge in [0.1, 0.15) is 0 Å². The van der Waals surface area contributed by atoms with Crippen LogP contribution in [0.2, 0.25) is 0 Å². The van der Waals surface area contributed by atoms with Crippen LogP contribution in [0.5, 0.6) is 0 Å². The summed E-state index contributed by atoms with van der Waals surface area (Å²) in [6.07, 6.45) is 0.0242. The Balaban J connectivity index is 1.52. The Hall–Kier alpha value is -1.89. The van der Waals surface area contributed by atoms with E-state index in [1.165, 1.54) is 23.5 Å². The fourth-order valence-corrected chi connectivity index (χ4v) is 5.90. The molecule has 9 nitrogen and oxygen atoms in total. The first kappa shape index (κ1) is 23.3. The van der Waals surface area contributed by atoms with Crippen LogP contribution in [0, 0.1) is 0 Å². The molecule has 0 spiro atoms. The molecule has 2 heterocycles. The standard InChI is InChI=1S/C21H26N2O7S2/c24-18(25)11-14-12-31-21(22-14)23-20(26)19(30-15-7-9-29-10-8-15)13-1-3-16(4-2-13)32(27,28)17-5-6-17/h1-4,12,15,17-19,24-25H,5-11H2,(H,22,23,26). The maximum atomic E-state index is 13.1. The van der Waals surface area contributed by atoms with Crippen LogP contribution in [-0.2, 0) is 30.5 Å². The van der Waals surface area contributed by atoms with E-state index in [4.69, 9.17) is 19.7 Å². The summed E-state index contributed by atoms with van der Waals surface area (Å²) >= 11 is 1.17. The van der Waals surface area contributed by atoms with Crippen LogP contribution in [-0.4, -0.2) is 60.4 Å². The second-order valence-electron chi connectivity index (χ2n) is 7.96. The van der Waals surface area contributed by atoms with Gasteiger partial charge in [0.25, 0.3) is 5.91 Å². The van der Waals surface area contributed by atoms with Crippen molar-refractivity contribution in [1.29, 1.82) is 0 Å². The third-order valence-electron chi connectivity index (χ3n) is 5.38. The van der Waals surface area contributed by atoms with Crippen molar-refractivity contribution in [2.75, 3.05) is 18.5 Å². The number of carbonyl (C=O) groups is 1. The SMILES string of the molecule is O=C(Nc1nc(CC(O)O)cs1)C(OC1CCOCC1)c1ccc(S(=O)(=O)C2CC2)cc1. The Bertz CT molecular complexity index is 1030. The third kappa shape index (κ3) is 5.72. The Labute approximate surface area is 190 Å². The summed E-state index contributed by atoms with van der Waals surface area (Å²) in [6.45, 7) is 1.10. The monoisotopic (exact) mass is 482 g/mol. The van der Waals surface area contributed by atoms with E-state index < -0.39 is 28.1 Å². The fraction of sp³-hybridized carbons (Fsp3) is 0.524. The van der Waals surface area contributed by atoms with Gasteiger partial charge in [0, 0.05) is 25.0 Å². The van der Waals surface area contributed by atoms with Crippen molar-refractivity contribution in [2.24, 2.45) is 0 Å². The summed E-state index contributed by atoms with van der Waals surface area (Å²) in [5, 5.41) is 22.6. The third-order valence-corrected chi connectivity index (χ3v) is 8.47. The second-order valence-corrected chi connectivity index (χ2v) is 11.0. The van der Waals surface area contributed by atoms with Gasteiger partial charge in [-0.15, -0.1) is 11.3 Å². The van der Waals surface area contributed by atoms with Gasteiger partial charge in [-0.3, -0.25) is 10.1 Å². The number of aromatic nitrogens is 1. The van der Waals surface area contributed by atoms with E-state index in [1.54, 1.807) is 17.5 Å². The minimum Gasteiger partial charge on any atom is -0.381 e. The Morgan fingerprint density at radius 2 is 1.88 bits per heavy atom. The van der Waals surface area contributed by atoms with E-state index in [1.807, 2.05) is 0 Å². The topological polar surface area (TPSA) is 135 Å². The predicted molar refractivity (Wildman–Crippen MR) is 117 cm³/mol. The molecule has 3 N–H and O–H groups in total. The lowest BCUT2D eigenvalue weighted by atomic mass is 10.1. The van der Waals surface area contributed by atoms with Crippen molar-refractivity contribution in [2.45, 2.75) is 60.7 Å². The van der Waals surface area contributed by atoms with Crippen molar-refractivity contribution in [3.63, 3.8) is 0 Å². The molecule has 1 aliphatic carbocycles. The number of aliphatic hydroxyl groups is 2. The number of nitrogens with zero attached hydrogens (tertiary/aromatic N) is 1. The predicted octanol–water partition coefficient (Wildman–Crippen LogP) is 1.81. The van der Waals surface area contributed by atoms with Gasteiger partial charge < -0.3 is 19.7 Å². The van der Waals surface area contributed by atoms with E-state index in [0.29, 0.717) is 55.3 Å². The zero-order valence-corrected chi connectivity index (χ0v) is 19.0. The van der Waals surface area contributed by atoms with Crippen molar-refractivity contribution in [3.05, 3.63) is 40.9 Å². The largest absolute Gasteiger partial charge is 0.381 e. The van der Waals surface area contributed by atoms with Gasteiger partial charge in [-0.2, -0.15) is 0 Å². The summed E-state index contributed by atoms with van der Waals surface area (Å²) in [5.41, 5.74) is 1.00. The molecule has 174 valence electrons. The quantitative estimate of drug-likeness (QED) is 0.461. The van der Waals surface area contributed by atoms with E-state index in [9.17, 15) is 13.2 Å². The normalized spacial score (nSPS) is 18.6. The van der Waals surface area contributed by atoms with E-state index >= 15 is 0 Å². The van der Waals surface area contributed by atoms with Crippen LogP contribution < -0.4 is 5.32 Å². The van der Waals surface area contributed by atoms with E-state index in [2.05, 4.69) is 10.3 Å². The van der Waals surface area contributed by atoms with Crippen LogP contribution in [0.3, 0.4) is 0 Å². The summed E-state index contributed by atoms with van der Waals surface area (Å²) < 4.78 is 36.4. The Morgan fingerprint density at radius 3 is 2.50 bits per heavy atom. The smallest absolute Gasteiger partial charge is 0.259 e. The molecule has 1 atom stereocenters. The molecule has 2 aromatic rings. The summed E-state index contributed by atoms with van der Waals surface area (Å²) in [5.74, 6) is -0.431. The highest BCUT2D eigenvalue weighted by atomic mass is 32.2. The number of amides is 1. The summed E-state index contributed by atoms with van der Waals surface area (Å²) in [4.78, 5) is 17.5. The molecule has 1 aromatic heterocycles. The van der Waals surface area contributed by atoms with Crippen molar-refractivity contribution in [3.8, 4) is 0 Å². The maximum Gasteiger partial charge on any atom is 0.259 e. The molecule has 2 fully saturated rings. The molecular formula is C21H26N2O7S2. The van der Waals surface area contributed by atoms with E-state index in [-0.39, 0.29) is 22.7 Å². The summed E-state index contributed by atoms with van der Waals surface area (Å²) in [6, 6.07) is 6.30. The minimum atomic E-state index is -3.32. The van der Waals surface area contributed by atoms with Crippen LogP contribution in [0.15, 0.2) is 34.5 Å². The van der Waals surface area contributed by atoms with Crippen molar-refractivity contribution in [1.82, 2.24) is 4.98 Å². The van der Waals surface area contributed by atoms with Gasteiger partial charge in [-0.25, -0.2) is 13.4 Å². The average Bonchev–Trinajstić information content (AvgIpc) is 3.55. The van der Waals surface area contributed by atoms with E-state index in [0.717, 1.165) is 0 Å². The molecule has 32 heavy (non-hydrogen) atoms. The number of aliphatic hydroxyl groups excluding tert-OH is 1. The molecule has 2 aliphatic rings. The Kier molecular flexibility index (Phi) is 7.23. The number of rotatable bonds is 9. The average molecular weight is 483 g/mol. The highest BCUT2D eigenvalue weighted by Crippen LogP contribution is 2.34. The van der Waals surface area contributed by atoms with Crippen molar-refractivity contribution < 1.29 is 32.9 Å². The van der Waals surface area contributed by atoms with Gasteiger partial charge in [-0.1, -0.05) is 12.1 Å². The highest BCUT2D eigenvalue weighted by molar-refractivity contribution is 7.92. The molecular weight excluding hydrogens is 456 g/mol. The van der Waals surface area contributed by atoms with Crippen LogP contribution in [0.25, 0.3) is 0 Å². The lowest BCUT2D eigenvalue weighted by Gasteiger charge is -2.27. The van der Waals surface area contributed by atoms with Gasteiger partial charge in [0.15, 0.2) is 27.4 Å². The number of thiazole rings is 1. The number of anilines is 1. The molecule has 11 heteroatoms.